The van der Waals surface area contributed by atoms with Crippen LogP contribution in [0.1, 0.15) is 30.5 Å². The number of amides is 1. The molecule has 164 valence electrons. The van der Waals surface area contributed by atoms with Gasteiger partial charge in [-0.25, -0.2) is 4.98 Å². The first-order valence-electron chi connectivity index (χ1n) is 10.6. The maximum absolute atomic E-state index is 13.0. The molecule has 4 rings (SSSR count). The van der Waals surface area contributed by atoms with Crippen molar-refractivity contribution in [1.29, 1.82) is 0 Å². The maximum atomic E-state index is 13.0. The summed E-state index contributed by atoms with van der Waals surface area (Å²) in [5.74, 6) is -0.740. The van der Waals surface area contributed by atoms with E-state index in [9.17, 15) is 14.7 Å². The standard InChI is InChI=1S/C25H25N3O4/c1-2-32-20-11-9-18(10-12-20)22-21(23(29)19-7-4-3-5-8-19)24(30)25(31)28(22)15-6-14-27-16-13-26-17-27/h3-5,7-13,16-17,22,29H,2,6,14-15H2,1H3/t22-/m1/s1. The molecule has 0 unspecified atom stereocenters. The number of aryl methyl sites for hydroxylation is 1. The number of nitrogens with zero attached hydrogens (tertiary/aromatic N) is 3. The van der Waals surface area contributed by atoms with E-state index in [1.54, 1.807) is 41.7 Å². The molecule has 0 saturated carbocycles. The Morgan fingerprint density at radius 2 is 1.81 bits per heavy atom. The number of hydrogen-bond donors (Lipinski definition) is 1. The van der Waals surface area contributed by atoms with Crippen LogP contribution in [0, 0.1) is 0 Å². The molecule has 0 spiro atoms. The third-order valence-corrected chi connectivity index (χ3v) is 5.47. The fourth-order valence-corrected chi connectivity index (χ4v) is 3.96. The molecule has 1 amide bonds. The maximum Gasteiger partial charge on any atom is 0.295 e. The van der Waals surface area contributed by atoms with Crippen LogP contribution in [0.5, 0.6) is 5.75 Å². The number of rotatable bonds is 8. The van der Waals surface area contributed by atoms with Gasteiger partial charge in [-0.3, -0.25) is 9.59 Å². The highest BCUT2D eigenvalue weighted by molar-refractivity contribution is 6.46. The van der Waals surface area contributed by atoms with E-state index >= 15 is 0 Å². The number of ether oxygens (including phenoxy) is 1. The van der Waals surface area contributed by atoms with Crippen molar-refractivity contribution in [2.45, 2.75) is 25.9 Å². The van der Waals surface area contributed by atoms with Gasteiger partial charge in [0.25, 0.3) is 11.7 Å². The molecule has 2 aromatic carbocycles. The summed E-state index contributed by atoms with van der Waals surface area (Å²) >= 11 is 0. The Kier molecular flexibility index (Phi) is 6.35. The number of aromatic nitrogens is 2. The quantitative estimate of drug-likeness (QED) is 0.333. The van der Waals surface area contributed by atoms with E-state index in [0.717, 1.165) is 5.56 Å². The number of hydrogen-bond acceptors (Lipinski definition) is 5. The van der Waals surface area contributed by atoms with Gasteiger partial charge in [-0.05, 0) is 31.0 Å². The van der Waals surface area contributed by atoms with Crippen molar-refractivity contribution < 1.29 is 19.4 Å². The molecule has 1 saturated heterocycles. The molecule has 7 heteroatoms. The third kappa shape index (κ3) is 4.27. The lowest BCUT2D eigenvalue weighted by atomic mass is 9.95. The van der Waals surface area contributed by atoms with Crippen LogP contribution in [0.3, 0.4) is 0 Å². The molecule has 1 atom stereocenters. The minimum Gasteiger partial charge on any atom is -0.507 e. The Hall–Kier alpha value is -3.87. The van der Waals surface area contributed by atoms with Crippen molar-refractivity contribution in [2.75, 3.05) is 13.2 Å². The summed E-state index contributed by atoms with van der Waals surface area (Å²) in [6.45, 7) is 3.48. The summed E-state index contributed by atoms with van der Waals surface area (Å²) in [6, 6.07) is 15.5. The monoisotopic (exact) mass is 431 g/mol. The lowest BCUT2D eigenvalue weighted by molar-refractivity contribution is -0.139. The average molecular weight is 431 g/mol. The molecule has 3 aromatic rings. The predicted octanol–water partition coefficient (Wildman–Crippen LogP) is 3.79. The van der Waals surface area contributed by atoms with Gasteiger partial charge < -0.3 is 19.3 Å². The normalized spacial score (nSPS) is 17.7. The second-order valence-corrected chi connectivity index (χ2v) is 7.51. The van der Waals surface area contributed by atoms with Gasteiger partial charge in [0, 0.05) is 31.0 Å². The van der Waals surface area contributed by atoms with E-state index in [1.165, 1.54) is 0 Å². The van der Waals surface area contributed by atoms with Crippen molar-refractivity contribution in [3.05, 3.63) is 90.0 Å². The van der Waals surface area contributed by atoms with Crippen LogP contribution >= 0.6 is 0 Å². The molecule has 0 aliphatic carbocycles. The fourth-order valence-electron chi connectivity index (χ4n) is 3.96. The molecule has 1 aliphatic rings. The van der Waals surface area contributed by atoms with Gasteiger partial charge >= 0.3 is 0 Å². The largest absolute Gasteiger partial charge is 0.507 e. The van der Waals surface area contributed by atoms with E-state index in [4.69, 9.17) is 4.74 Å². The van der Waals surface area contributed by atoms with Gasteiger partial charge in [0.1, 0.15) is 11.5 Å². The highest BCUT2D eigenvalue weighted by atomic mass is 16.5. The molecule has 1 aromatic heterocycles. The Morgan fingerprint density at radius 3 is 2.47 bits per heavy atom. The van der Waals surface area contributed by atoms with Crippen molar-refractivity contribution in [3.8, 4) is 5.75 Å². The molecule has 1 aliphatic heterocycles. The van der Waals surface area contributed by atoms with Gasteiger partial charge in [-0.2, -0.15) is 0 Å². The van der Waals surface area contributed by atoms with Crippen LogP contribution in [-0.4, -0.2) is 44.4 Å². The van der Waals surface area contributed by atoms with Crippen molar-refractivity contribution in [3.63, 3.8) is 0 Å². The molecular weight excluding hydrogens is 406 g/mol. The van der Waals surface area contributed by atoms with Gasteiger partial charge in [0.15, 0.2) is 0 Å². The van der Waals surface area contributed by atoms with Crippen molar-refractivity contribution >= 4 is 17.4 Å². The average Bonchev–Trinajstić information content (AvgIpc) is 3.42. The Balaban J connectivity index is 1.70. The third-order valence-electron chi connectivity index (χ3n) is 5.47. The highest BCUT2D eigenvalue weighted by Gasteiger charge is 2.45. The lowest BCUT2D eigenvalue weighted by Crippen LogP contribution is -2.31. The molecule has 2 heterocycles. The van der Waals surface area contributed by atoms with Crippen LogP contribution in [0.2, 0.25) is 0 Å². The summed E-state index contributed by atoms with van der Waals surface area (Å²) in [5.41, 5.74) is 1.35. The summed E-state index contributed by atoms with van der Waals surface area (Å²) in [4.78, 5) is 31.6. The Labute approximate surface area is 186 Å². The summed E-state index contributed by atoms with van der Waals surface area (Å²) in [6.07, 6.45) is 5.91. The number of carbonyl (C=O) groups is 2. The molecule has 0 radical (unpaired) electrons. The Morgan fingerprint density at radius 1 is 1.06 bits per heavy atom. The van der Waals surface area contributed by atoms with E-state index in [-0.39, 0.29) is 11.3 Å². The fraction of sp³-hybridized carbons (Fsp3) is 0.240. The number of imidazole rings is 1. The van der Waals surface area contributed by atoms with Crippen LogP contribution in [0.4, 0.5) is 0 Å². The number of aliphatic hydroxyl groups excluding tert-OH is 1. The number of likely N-dealkylation sites (tertiary alicyclic amines) is 1. The highest BCUT2D eigenvalue weighted by Crippen LogP contribution is 2.39. The van der Waals surface area contributed by atoms with E-state index < -0.39 is 17.7 Å². The zero-order valence-corrected chi connectivity index (χ0v) is 17.8. The number of benzene rings is 2. The molecule has 32 heavy (non-hydrogen) atoms. The molecule has 1 fully saturated rings. The van der Waals surface area contributed by atoms with Gasteiger partial charge in [-0.1, -0.05) is 42.5 Å². The van der Waals surface area contributed by atoms with Gasteiger partial charge in [0.2, 0.25) is 0 Å². The summed E-state index contributed by atoms with van der Waals surface area (Å²) in [7, 11) is 0. The number of carbonyl (C=O) groups excluding carboxylic acids is 2. The van der Waals surface area contributed by atoms with Crippen LogP contribution < -0.4 is 4.74 Å². The number of ketones is 1. The molecule has 1 N–H and O–H groups in total. The summed E-state index contributed by atoms with van der Waals surface area (Å²) < 4.78 is 7.45. The SMILES string of the molecule is CCOc1ccc([C@@H]2C(=C(O)c3ccccc3)C(=O)C(=O)N2CCCn2ccnc2)cc1. The van der Waals surface area contributed by atoms with Crippen LogP contribution in [-0.2, 0) is 16.1 Å². The topological polar surface area (TPSA) is 84.7 Å². The molecular formula is C25H25N3O4. The summed E-state index contributed by atoms with van der Waals surface area (Å²) in [5, 5.41) is 11.0. The lowest BCUT2D eigenvalue weighted by Gasteiger charge is -2.25. The predicted molar refractivity (Wildman–Crippen MR) is 120 cm³/mol. The van der Waals surface area contributed by atoms with E-state index in [2.05, 4.69) is 4.98 Å². The van der Waals surface area contributed by atoms with Gasteiger partial charge in [-0.15, -0.1) is 0 Å². The van der Waals surface area contributed by atoms with Crippen molar-refractivity contribution in [1.82, 2.24) is 14.5 Å². The zero-order chi connectivity index (χ0) is 22.5. The van der Waals surface area contributed by atoms with Gasteiger partial charge in [0.05, 0.1) is 24.5 Å². The minimum atomic E-state index is -0.673. The Bertz CT molecular complexity index is 1110. The number of aliphatic hydroxyl groups is 1. The second-order valence-electron chi connectivity index (χ2n) is 7.51. The van der Waals surface area contributed by atoms with Crippen LogP contribution in [0.25, 0.3) is 5.76 Å². The van der Waals surface area contributed by atoms with E-state index in [0.29, 0.717) is 37.4 Å². The molecule has 7 nitrogen and oxygen atoms in total. The smallest absolute Gasteiger partial charge is 0.295 e. The first-order valence-corrected chi connectivity index (χ1v) is 10.6. The van der Waals surface area contributed by atoms with E-state index in [1.807, 2.05) is 48.0 Å². The van der Waals surface area contributed by atoms with Crippen LogP contribution in [0.15, 0.2) is 78.9 Å². The second kappa shape index (κ2) is 9.51. The first kappa shape index (κ1) is 21.4. The molecule has 0 bridgehead atoms. The first-order chi connectivity index (χ1) is 15.6. The van der Waals surface area contributed by atoms with Crippen molar-refractivity contribution in [2.24, 2.45) is 0 Å². The minimum absolute atomic E-state index is 0.105. The zero-order valence-electron chi connectivity index (χ0n) is 17.8. The number of Topliss-reactive ketones (excluding diaryl/α,β-unsaturated/α-hetero) is 1.